The van der Waals surface area contributed by atoms with Gasteiger partial charge in [-0.1, -0.05) is 49.4 Å². The molecule has 0 aliphatic rings. The lowest BCUT2D eigenvalue weighted by atomic mass is 10.1. The molecule has 1 amide bonds. The fraction of sp³-hybridized carbons (Fsp3) is 0.412. The number of hydrogen-bond donors (Lipinski definition) is 2. The largest absolute Gasteiger partial charge is 0.480 e. The number of carbonyl (C=O) groups is 2. The number of hydrogen-bond acceptors (Lipinski definition) is 4. The molecule has 7 heteroatoms. The molecular formula is C17H22N4O3. The van der Waals surface area contributed by atoms with Gasteiger partial charge in [-0.05, 0) is 17.9 Å². The summed E-state index contributed by atoms with van der Waals surface area (Å²) in [7, 11) is 0. The molecule has 2 aromatic rings. The average molecular weight is 330 g/mol. The van der Waals surface area contributed by atoms with Crippen molar-refractivity contribution in [2.75, 3.05) is 0 Å². The molecule has 0 fully saturated rings. The maximum absolute atomic E-state index is 12.2. The highest BCUT2D eigenvalue weighted by Gasteiger charge is 2.22. The Morgan fingerprint density at radius 3 is 2.58 bits per heavy atom. The van der Waals surface area contributed by atoms with Crippen LogP contribution in [0.2, 0.25) is 0 Å². The van der Waals surface area contributed by atoms with Crippen LogP contribution in [-0.4, -0.2) is 38.0 Å². The van der Waals surface area contributed by atoms with Crippen LogP contribution in [0.15, 0.2) is 36.5 Å². The summed E-state index contributed by atoms with van der Waals surface area (Å²) < 4.78 is 1.60. The van der Waals surface area contributed by atoms with Gasteiger partial charge < -0.3 is 10.4 Å². The Bertz CT molecular complexity index is 682. The third-order valence-electron chi connectivity index (χ3n) is 3.59. The molecule has 128 valence electrons. The van der Waals surface area contributed by atoms with E-state index in [-0.39, 0.29) is 12.1 Å². The summed E-state index contributed by atoms with van der Waals surface area (Å²) in [5.74, 6) is -1.10. The normalized spacial score (nSPS) is 12.1. The van der Waals surface area contributed by atoms with Crippen molar-refractivity contribution in [3.05, 3.63) is 47.8 Å². The van der Waals surface area contributed by atoms with Crippen molar-refractivity contribution < 1.29 is 14.7 Å². The molecule has 1 aromatic heterocycles. The topological polar surface area (TPSA) is 97.1 Å². The van der Waals surface area contributed by atoms with Gasteiger partial charge in [-0.2, -0.15) is 0 Å². The van der Waals surface area contributed by atoms with Gasteiger partial charge in [0.15, 0.2) is 5.69 Å². The second kappa shape index (κ2) is 8.24. The van der Waals surface area contributed by atoms with Gasteiger partial charge >= 0.3 is 5.97 Å². The lowest BCUT2D eigenvalue weighted by Gasteiger charge is -2.13. The van der Waals surface area contributed by atoms with Crippen LogP contribution in [0.4, 0.5) is 0 Å². The summed E-state index contributed by atoms with van der Waals surface area (Å²) >= 11 is 0. The van der Waals surface area contributed by atoms with Crippen molar-refractivity contribution in [2.24, 2.45) is 5.92 Å². The van der Waals surface area contributed by atoms with E-state index >= 15 is 0 Å². The lowest BCUT2D eigenvalue weighted by molar-refractivity contribution is -0.139. The van der Waals surface area contributed by atoms with Crippen LogP contribution in [0.1, 0.15) is 36.3 Å². The highest BCUT2D eigenvalue weighted by molar-refractivity contribution is 5.94. The zero-order valence-electron chi connectivity index (χ0n) is 13.8. The molecule has 0 spiro atoms. The summed E-state index contributed by atoms with van der Waals surface area (Å²) in [6.07, 6.45) is 2.68. The average Bonchev–Trinajstić information content (AvgIpc) is 3.02. The van der Waals surface area contributed by atoms with Crippen LogP contribution in [0, 0.1) is 5.92 Å². The molecule has 1 aromatic carbocycles. The number of nitrogens with one attached hydrogen (secondary N) is 1. The van der Waals surface area contributed by atoms with Gasteiger partial charge in [0.2, 0.25) is 0 Å². The van der Waals surface area contributed by atoms with Crippen LogP contribution < -0.4 is 5.32 Å². The van der Waals surface area contributed by atoms with E-state index in [2.05, 4.69) is 29.5 Å². The minimum Gasteiger partial charge on any atom is -0.480 e. The summed E-state index contributed by atoms with van der Waals surface area (Å²) in [5, 5.41) is 19.6. The van der Waals surface area contributed by atoms with Crippen molar-refractivity contribution in [1.82, 2.24) is 20.3 Å². The Morgan fingerprint density at radius 1 is 1.25 bits per heavy atom. The van der Waals surface area contributed by atoms with Gasteiger partial charge in [-0.3, -0.25) is 9.48 Å². The second-order valence-corrected chi connectivity index (χ2v) is 6.10. The number of carboxylic acid groups (broad SMARTS) is 1. The van der Waals surface area contributed by atoms with Crippen molar-refractivity contribution in [2.45, 2.75) is 39.3 Å². The third-order valence-corrected chi connectivity index (χ3v) is 3.59. The van der Waals surface area contributed by atoms with Crippen LogP contribution in [-0.2, 0) is 17.8 Å². The Kier molecular flexibility index (Phi) is 6.06. The first-order chi connectivity index (χ1) is 11.5. The van der Waals surface area contributed by atoms with Gasteiger partial charge in [0.1, 0.15) is 6.04 Å². The van der Waals surface area contributed by atoms with E-state index in [4.69, 9.17) is 0 Å². The zero-order valence-corrected chi connectivity index (χ0v) is 13.8. The van der Waals surface area contributed by atoms with E-state index in [0.717, 1.165) is 12.0 Å². The Hall–Kier alpha value is -2.70. The molecule has 7 nitrogen and oxygen atoms in total. The van der Waals surface area contributed by atoms with Crippen LogP contribution >= 0.6 is 0 Å². The van der Waals surface area contributed by atoms with E-state index < -0.39 is 17.9 Å². The fourth-order valence-corrected chi connectivity index (χ4v) is 2.18. The second-order valence-electron chi connectivity index (χ2n) is 6.10. The quantitative estimate of drug-likeness (QED) is 0.768. The molecule has 2 rings (SSSR count). The highest BCUT2D eigenvalue weighted by atomic mass is 16.4. The number of aromatic nitrogens is 3. The molecule has 0 aliphatic heterocycles. The lowest BCUT2D eigenvalue weighted by Crippen LogP contribution is -2.42. The van der Waals surface area contributed by atoms with Gasteiger partial charge in [-0.15, -0.1) is 5.10 Å². The number of amides is 1. The molecule has 0 aliphatic carbocycles. The molecule has 1 heterocycles. The van der Waals surface area contributed by atoms with Crippen LogP contribution in [0.25, 0.3) is 0 Å². The Morgan fingerprint density at radius 2 is 1.96 bits per heavy atom. The number of carboxylic acids is 1. The zero-order chi connectivity index (χ0) is 17.5. The number of aliphatic carboxylic acids is 1. The monoisotopic (exact) mass is 330 g/mol. The smallest absolute Gasteiger partial charge is 0.326 e. The maximum atomic E-state index is 12.2. The Labute approximate surface area is 140 Å². The van der Waals surface area contributed by atoms with Crippen molar-refractivity contribution in [3.8, 4) is 0 Å². The molecule has 24 heavy (non-hydrogen) atoms. The fourth-order valence-electron chi connectivity index (χ4n) is 2.18. The first-order valence-electron chi connectivity index (χ1n) is 7.93. The van der Waals surface area contributed by atoms with Gasteiger partial charge in [0.05, 0.1) is 6.20 Å². The third kappa shape index (κ3) is 5.19. The molecule has 0 unspecified atom stereocenters. The number of benzene rings is 1. The SMILES string of the molecule is CC(C)CCn1cc(C(=O)N[C@H](Cc2ccccc2)C(=O)O)nn1. The summed E-state index contributed by atoms with van der Waals surface area (Å²) in [6, 6.07) is 8.15. The highest BCUT2D eigenvalue weighted by Crippen LogP contribution is 2.06. The first-order valence-corrected chi connectivity index (χ1v) is 7.93. The minimum atomic E-state index is -1.08. The molecule has 1 atom stereocenters. The number of nitrogens with zero attached hydrogens (tertiary/aromatic N) is 3. The first kappa shape index (κ1) is 17.7. The minimum absolute atomic E-state index is 0.123. The molecular weight excluding hydrogens is 308 g/mol. The summed E-state index contributed by atoms with van der Waals surface area (Å²) in [4.78, 5) is 23.6. The Balaban J connectivity index is 1.99. The molecule has 0 bridgehead atoms. The van der Waals surface area contributed by atoms with Gasteiger partial charge in [-0.25, -0.2) is 4.79 Å². The van der Waals surface area contributed by atoms with Gasteiger partial charge in [0.25, 0.3) is 5.91 Å². The molecule has 0 radical (unpaired) electrons. The number of rotatable bonds is 8. The predicted octanol–water partition coefficient (Wildman–Crippen LogP) is 1.75. The van der Waals surface area contributed by atoms with Crippen molar-refractivity contribution in [1.29, 1.82) is 0 Å². The van der Waals surface area contributed by atoms with E-state index in [9.17, 15) is 14.7 Å². The number of aryl methyl sites for hydroxylation is 1. The molecule has 0 saturated carbocycles. The van der Waals surface area contributed by atoms with E-state index in [0.29, 0.717) is 12.5 Å². The van der Waals surface area contributed by atoms with E-state index in [1.54, 1.807) is 10.9 Å². The van der Waals surface area contributed by atoms with E-state index in [1.807, 2.05) is 30.3 Å². The van der Waals surface area contributed by atoms with Crippen molar-refractivity contribution in [3.63, 3.8) is 0 Å². The molecule has 0 saturated heterocycles. The van der Waals surface area contributed by atoms with Crippen LogP contribution in [0.3, 0.4) is 0 Å². The molecule has 2 N–H and O–H groups in total. The van der Waals surface area contributed by atoms with Gasteiger partial charge in [0, 0.05) is 13.0 Å². The standard InChI is InChI=1S/C17H22N4O3/c1-12(2)8-9-21-11-15(19-20-21)16(22)18-14(17(23)24)10-13-6-4-3-5-7-13/h3-7,11-12,14H,8-10H2,1-2H3,(H,18,22)(H,23,24)/t14-/m1/s1. The maximum Gasteiger partial charge on any atom is 0.326 e. The van der Waals surface area contributed by atoms with Crippen LogP contribution in [0.5, 0.6) is 0 Å². The number of carbonyl (C=O) groups excluding carboxylic acids is 1. The summed E-state index contributed by atoms with van der Waals surface area (Å²) in [5.41, 5.74) is 0.962. The summed E-state index contributed by atoms with van der Waals surface area (Å²) in [6.45, 7) is 4.88. The van der Waals surface area contributed by atoms with Crippen molar-refractivity contribution >= 4 is 11.9 Å². The van der Waals surface area contributed by atoms with E-state index in [1.165, 1.54) is 0 Å². The predicted molar refractivity (Wildman–Crippen MR) is 88.5 cm³/mol.